The fourth-order valence-electron chi connectivity index (χ4n) is 1.73. The molecule has 5 atom stereocenters. The van der Waals surface area contributed by atoms with E-state index in [-0.39, 0.29) is 0 Å². The molecule has 1 saturated heterocycles. The Kier molecular flexibility index (Phi) is 4.09. The Hall–Kier alpha value is -0.890. The summed E-state index contributed by atoms with van der Waals surface area (Å²) in [5.74, 6) is -2.22. The number of aliphatic hydroxyl groups excluding tert-OH is 3. The summed E-state index contributed by atoms with van der Waals surface area (Å²) in [5.41, 5.74) is 8.32. The average molecular weight is 233 g/mol. The van der Waals surface area contributed by atoms with Gasteiger partial charge in [-0.15, -0.1) is 0 Å². The summed E-state index contributed by atoms with van der Waals surface area (Å²) >= 11 is 0. The monoisotopic (exact) mass is 233 g/mol. The molecule has 1 aliphatic heterocycles. The maximum absolute atomic E-state index is 9.69. The van der Waals surface area contributed by atoms with Gasteiger partial charge in [-0.2, -0.15) is 0 Å². The number of ether oxygens (including phenoxy) is 1. The summed E-state index contributed by atoms with van der Waals surface area (Å²) in [6.45, 7) is 0.845. The van der Waals surface area contributed by atoms with Crippen molar-refractivity contribution in [1.82, 2.24) is 0 Å². The summed E-state index contributed by atoms with van der Waals surface area (Å²) in [6, 6.07) is -0.989. The van der Waals surface area contributed by atoms with Gasteiger partial charge in [-0.3, -0.25) is 0 Å². The van der Waals surface area contributed by atoms with Crippen LogP contribution in [0.5, 0.6) is 0 Å². The van der Waals surface area contributed by atoms with Crippen molar-refractivity contribution in [2.75, 3.05) is 6.61 Å². The normalized spacial score (nSPS) is 43.8. The smallest absolute Gasteiger partial charge is 0.218 e. The van der Waals surface area contributed by atoms with E-state index >= 15 is 0 Å². The van der Waals surface area contributed by atoms with E-state index in [1.54, 1.807) is 6.92 Å². The Labute approximate surface area is 91.7 Å². The zero-order valence-corrected chi connectivity index (χ0v) is 8.76. The number of rotatable bonds is 3. The molecule has 1 aliphatic rings. The van der Waals surface area contributed by atoms with Crippen LogP contribution in [0, 0.1) is 0 Å². The Bertz CT molecular complexity index is 293. The number of azide groups is 1. The van der Waals surface area contributed by atoms with Crippen molar-refractivity contribution in [1.29, 1.82) is 0 Å². The highest BCUT2D eigenvalue weighted by atomic mass is 16.7. The molecule has 0 bridgehead atoms. The molecule has 0 aromatic carbocycles. The van der Waals surface area contributed by atoms with E-state index in [1.807, 2.05) is 0 Å². The molecule has 16 heavy (non-hydrogen) atoms. The first-order valence-corrected chi connectivity index (χ1v) is 4.91. The lowest BCUT2D eigenvalue weighted by Crippen LogP contribution is -2.65. The second-order valence-corrected chi connectivity index (χ2v) is 3.70. The third-order valence-corrected chi connectivity index (χ3v) is 2.69. The highest BCUT2D eigenvalue weighted by Crippen LogP contribution is 2.30. The molecule has 0 amide bonds. The number of hydrogen-bond donors (Lipinski definition) is 4. The van der Waals surface area contributed by atoms with Gasteiger partial charge in [-0.05, 0) is 12.0 Å². The zero-order chi connectivity index (χ0) is 12.3. The molecule has 0 aromatic heterocycles. The van der Waals surface area contributed by atoms with E-state index in [4.69, 9.17) is 15.4 Å². The van der Waals surface area contributed by atoms with Crippen molar-refractivity contribution in [3.63, 3.8) is 0 Å². The lowest BCUT2D eigenvalue weighted by molar-refractivity contribution is -0.337. The molecule has 1 heterocycles. The molecule has 0 aromatic rings. The van der Waals surface area contributed by atoms with Gasteiger partial charge in [0.15, 0.2) is 0 Å². The minimum absolute atomic E-state index is 0.357. The second kappa shape index (κ2) is 4.96. The quantitative estimate of drug-likeness (QED) is 0.277. The summed E-state index contributed by atoms with van der Waals surface area (Å²) in [7, 11) is 0. The summed E-state index contributed by atoms with van der Waals surface area (Å²) in [6.07, 6.45) is -3.61. The standard InChI is InChI=1S/C8H15N3O5/c1-2-4-5(10-11-9)6(13)7(14)8(15,3-12)16-4/h4-7,12-15H,2-3H2,1H3/t4?,5-,6?,7?,8-/m1/s1. The minimum atomic E-state index is -2.22. The van der Waals surface area contributed by atoms with Gasteiger partial charge in [0.2, 0.25) is 5.79 Å². The Morgan fingerprint density at radius 3 is 2.56 bits per heavy atom. The number of aliphatic hydroxyl groups is 4. The first-order valence-electron chi connectivity index (χ1n) is 4.91. The van der Waals surface area contributed by atoms with E-state index < -0.39 is 36.7 Å². The van der Waals surface area contributed by atoms with Gasteiger partial charge >= 0.3 is 0 Å². The molecule has 0 spiro atoms. The van der Waals surface area contributed by atoms with Crippen LogP contribution in [0.3, 0.4) is 0 Å². The van der Waals surface area contributed by atoms with E-state index in [0.29, 0.717) is 6.42 Å². The van der Waals surface area contributed by atoms with Crippen LogP contribution in [-0.2, 0) is 4.74 Å². The highest BCUT2D eigenvalue weighted by Gasteiger charge is 2.52. The van der Waals surface area contributed by atoms with E-state index in [2.05, 4.69) is 10.0 Å². The molecule has 92 valence electrons. The first kappa shape index (κ1) is 13.2. The van der Waals surface area contributed by atoms with Gasteiger partial charge in [-0.1, -0.05) is 12.0 Å². The molecule has 1 rings (SSSR count). The Morgan fingerprint density at radius 1 is 1.50 bits per heavy atom. The van der Waals surface area contributed by atoms with E-state index in [9.17, 15) is 15.3 Å². The summed E-state index contributed by atoms with van der Waals surface area (Å²) in [5, 5.41) is 41.1. The van der Waals surface area contributed by atoms with Crippen molar-refractivity contribution < 1.29 is 25.2 Å². The van der Waals surface area contributed by atoms with Gasteiger partial charge in [-0.25, -0.2) is 0 Å². The highest BCUT2D eigenvalue weighted by molar-refractivity contribution is 4.99. The van der Waals surface area contributed by atoms with Gasteiger partial charge < -0.3 is 25.2 Å². The van der Waals surface area contributed by atoms with Crippen LogP contribution < -0.4 is 0 Å². The van der Waals surface area contributed by atoms with Crippen molar-refractivity contribution in [3.8, 4) is 0 Å². The largest absolute Gasteiger partial charge is 0.391 e. The predicted octanol–water partition coefficient (Wildman–Crippen LogP) is -1.12. The van der Waals surface area contributed by atoms with Gasteiger partial charge in [0.05, 0.1) is 24.9 Å². The van der Waals surface area contributed by atoms with Crippen LogP contribution in [0.2, 0.25) is 0 Å². The Morgan fingerprint density at radius 2 is 2.12 bits per heavy atom. The lowest BCUT2D eigenvalue weighted by atomic mass is 9.90. The number of nitrogens with zero attached hydrogens (tertiary/aromatic N) is 3. The summed E-state index contributed by atoms with van der Waals surface area (Å²) < 4.78 is 5.05. The van der Waals surface area contributed by atoms with Gasteiger partial charge in [0.1, 0.15) is 6.10 Å². The van der Waals surface area contributed by atoms with E-state index in [1.165, 1.54) is 0 Å². The van der Waals surface area contributed by atoms with Crippen molar-refractivity contribution in [2.24, 2.45) is 5.11 Å². The summed E-state index contributed by atoms with van der Waals surface area (Å²) in [4.78, 5) is 2.55. The first-order chi connectivity index (χ1) is 7.50. The topological polar surface area (TPSA) is 139 Å². The van der Waals surface area contributed by atoms with Crippen LogP contribution in [0.25, 0.3) is 10.4 Å². The third-order valence-electron chi connectivity index (χ3n) is 2.69. The molecule has 0 aliphatic carbocycles. The lowest BCUT2D eigenvalue weighted by Gasteiger charge is -2.45. The molecule has 3 unspecified atom stereocenters. The molecule has 1 fully saturated rings. The molecule has 8 heteroatoms. The van der Waals surface area contributed by atoms with Gasteiger partial charge in [0.25, 0.3) is 0 Å². The molecular weight excluding hydrogens is 218 g/mol. The minimum Gasteiger partial charge on any atom is -0.391 e. The Balaban J connectivity index is 2.98. The second-order valence-electron chi connectivity index (χ2n) is 3.70. The van der Waals surface area contributed by atoms with Crippen LogP contribution in [0.4, 0.5) is 0 Å². The van der Waals surface area contributed by atoms with Crippen molar-refractivity contribution in [2.45, 2.75) is 43.5 Å². The van der Waals surface area contributed by atoms with Crippen molar-refractivity contribution >= 4 is 0 Å². The third kappa shape index (κ3) is 2.12. The molecular formula is C8H15N3O5. The predicted molar refractivity (Wildman–Crippen MR) is 52.1 cm³/mol. The fraction of sp³-hybridized carbons (Fsp3) is 1.00. The van der Waals surface area contributed by atoms with E-state index in [0.717, 1.165) is 0 Å². The molecule has 4 N–H and O–H groups in total. The molecule has 8 nitrogen and oxygen atoms in total. The van der Waals surface area contributed by atoms with Crippen LogP contribution >= 0.6 is 0 Å². The molecule has 0 saturated carbocycles. The zero-order valence-electron chi connectivity index (χ0n) is 8.76. The fourth-order valence-corrected chi connectivity index (χ4v) is 1.73. The van der Waals surface area contributed by atoms with Crippen LogP contribution in [0.1, 0.15) is 13.3 Å². The van der Waals surface area contributed by atoms with Crippen LogP contribution in [-0.4, -0.2) is 57.2 Å². The number of hydrogen-bond acceptors (Lipinski definition) is 6. The molecule has 0 radical (unpaired) electrons. The van der Waals surface area contributed by atoms with Crippen molar-refractivity contribution in [3.05, 3.63) is 10.4 Å². The van der Waals surface area contributed by atoms with Gasteiger partial charge in [0, 0.05) is 4.91 Å². The maximum Gasteiger partial charge on any atom is 0.218 e. The SMILES string of the molecule is CCC1O[C@](O)(CO)C(O)C(O)[C@@H]1N=[N+]=[N-]. The average Bonchev–Trinajstić information content (AvgIpc) is 2.30. The maximum atomic E-state index is 9.69. The van der Waals surface area contributed by atoms with Crippen LogP contribution in [0.15, 0.2) is 5.11 Å².